The fraction of sp³-hybridized carbons (Fsp3) is 0.545. The SMILES string of the molecule is O=C1C[C@H](C(=O)NC2CCC(N3CCOCC3=O)CC2)N(C(=O)Nc2ccc(Cl)cc2)C1. The lowest BCUT2D eigenvalue weighted by atomic mass is 9.89. The molecular formula is C22H27ClN4O5. The molecule has 1 aromatic rings. The number of nitrogens with one attached hydrogen (secondary N) is 2. The van der Waals surface area contributed by atoms with Gasteiger partial charge in [0, 0.05) is 35.8 Å². The van der Waals surface area contributed by atoms with Crippen molar-refractivity contribution in [2.24, 2.45) is 0 Å². The second kappa shape index (κ2) is 9.87. The number of carbonyl (C=O) groups is 4. The van der Waals surface area contributed by atoms with Gasteiger partial charge in [-0.1, -0.05) is 11.6 Å². The van der Waals surface area contributed by atoms with Crippen molar-refractivity contribution >= 4 is 40.9 Å². The summed E-state index contributed by atoms with van der Waals surface area (Å²) in [4.78, 5) is 52.9. The number of ketones is 1. The van der Waals surface area contributed by atoms with Crippen LogP contribution in [-0.2, 0) is 19.1 Å². The molecule has 0 spiro atoms. The highest BCUT2D eigenvalue weighted by Crippen LogP contribution is 2.25. The van der Waals surface area contributed by atoms with Crippen LogP contribution in [0.25, 0.3) is 0 Å². The van der Waals surface area contributed by atoms with Crippen LogP contribution in [-0.4, -0.2) is 77.9 Å². The van der Waals surface area contributed by atoms with Crippen LogP contribution in [0.3, 0.4) is 0 Å². The third kappa shape index (κ3) is 5.21. The molecule has 0 bridgehead atoms. The molecule has 2 saturated heterocycles. The van der Waals surface area contributed by atoms with Gasteiger partial charge in [-0.2, -0.15) is 0 Å². The Labute approximate surface area is 191 Å². The number of likely N-dealkylation sites (tertiary alicyclic amines) is 1. The highest BCUT2D eigenvalue weighted by atomic mass is 35.5. The van der Waals surface area contributed by atoms with Gasteiger partial charge in [0.15, 0.2) is 5.78 Å². The van der Waals surface area contributed by atoms with Crippen LogP contribution in [0, 0.1) is 0 Å². The van der Waals surface area contributed by atoms with Crippen molar-refractivity contribution in [1.82, 2.24) is 15.1 Å². The maximum absolute atomic E-state index is 12.9. The first-order valence-electron chi connectivity index (χ1n) is 10.9. The van der Waals surface area contributed by atoms with Crippen LogP contribution in [0.1, 0.15) is 32.1 Å². The largest absolute Gasteiger partial charge is 0.370 e. The number of carbonyl (C=O) groups excluding carboxylic acids is 4. The second-order valence-corrected chi connectivity index (χ2v) is 8.91. The van der Waals surface area contributed by atoms with Crippen molar-refractivity contribution in [1.29, 1.82) is 0 Å². The summed E-state index contributed by atoms with van der Waals surface area (Å²) in [5.41, 5.74) is 0.536. The topological polar surface area (TPSA) is 108 Å². The first-order valence-corrected chi connectivity index (χ1v) is 11.3. The normalized spacial score (nSPS) is 26.2. The molecule has 32 heavy (non-hydrogen) atoms. The highest BCUT2D eigenvalue weighted by molar-refractivity contribution is 6.30. The van der Waals surface area contributed by atoms with Crippen LogP contribution in [0.2, 0.25) is 5.02 Å². The third-order valence-electron chi connectivity index (χ3n) is 6.31. The van der Waals surface area contributed by atoms with Crippen molar-refractivity contribution in [2.45, 2.75) is 50.2 Å². The van der Waals surface area contributed by atoms with E-state index in [1.54, 1.807) is 24.3 Å². The van der Waals surface area contributed by atoms with E-state index in [0.29, 0.717) is 23.9 Å². The van der Waals surface area contributed by atoms with Gasteiger partial charge in [-0.05, 0) is 49.9 Å². The van der Waals surface area contributed by atoms with E-state index in [1.165, 1.54) is 4.90 Å². The number of halogens is 1. The van der Waals surface area contributed by atoms with Gasteiger partial charge in [0.1, 0.15) is 12.6 Å². The molecule has 0 unspecified atom stereocenters. The van der Waals surface area contributed by atoms with Gasteiger partial charge in [0.2, 0.25) is 11.8 Å². The summed E-state index contributed by atoms with van der Waals surface area (Å²) in [6.45, 7) is 1.22. The predicted octanol–water partition coefficient (Wildman–Crippen LogP) is 1.80. The van der Waals surface area contributed by atoms with Crippen LogP contribution in [0.5, 0.6) is 0 Å². The van der Waals surface area contributed by atoms with Crippen molar-refractivity contribution in [3.8, 4) is 0 Å². The summed E-state index contributed by atoms with van der Waals surface area (Å²) in [5, 5.41) is 6.27. The van der Waals surface area contributed by atoms with Gasteiger partial charge in [-0.3, -0.25) is 14.4 Å². The van der Waals surface area contributed by atoms with Crippen LogP contribution < -0.4 is 10.6 Å². The number of Topliss-reactive ketones (excluding diaryl/α,β-unsaturated/α-hetero) is 1. The zero-order valence-electron chi connectivity index (χ0n) is 17.7. The molecule has 2 aliphatic heterocycles. The van der Waals surface area contributed by atoms with Crippen molar-refractivity contribution < 1.29 is 23.9 Å². The van der Waals surface area contributed by atoms with Crippen molar-refractivity contribution in [3.63, 3.8) is 0 Å². The van der Waals surface area contributed by atoms with E-state index >= 15 is 0 Å². The van der Waals surface area contributed by atoms with Crippen LogP contribution in [0.4, 0.5) is 10.5 Å². The number of ether oxygens (including phenoxy) is 1. The highest BCUT2D eigenvalue weighted by Gasteiger charge is 2.40. The average molecular weight is 463 g/mol. The summed E-state index contributed by atoms with van der Waals surface area (Å²) in [6.07, 6.45) is 3.12. The molecule has 0 radical (unpaired) electrons. The third-order valence-corrected chi connectivity index (χ3v) is 6.56. The van der Waals surface area contributed by atoms with Gasteiger partial charge in [0.25, 0.3) is 0 Å². The van der Waals surface area contributed by atoms with Crippen molar-refractivity contribution in [3.05, 3.63) is 29.3 Å². The van der Waals surface area contributed by atoms with E-state index in [0.717, 1.165) is 25.7 Å². The Bertz CT molecular complexity index is 885. The van der Waals surface area contributed by atoms with Gasteiger partial charge in [0.05, 0.1) is 13.2 Å². The molecule has 172 valence electrons. The molecule has 3 aliphatic rings. The number of rotatable bonds is 4. The molecule has 0 aromatic heterocycles. The number of hydrogen-bond acceptors (Lipinski definition) is 5. The molecule has 1 aliphatic carbocycles. The monoisotopic (exact) mass is 462 g/mol. The minimum Gasteiger partial charge on any atom is -0.370 e. The number of nitrogens with zero attached hydrogens (tertiary/aromatic N) is 2. The van der Waals surface area contributed by atoms with Gasteiger partial charge in [-0.15, -0.1) is 0 Å². The first kappa shape index (κ1) is 22.5. The van der Waals surface area contributed by atoms with Crippen LogP contribution in [0.15, 0.2) is 24.3 Å². The van der Waals surface area contributed by atoms with E-state index < -0.39 is 12.1 Å². The van der Waals surface area contributed by atoms with E-state index in [9.17, 15) is 19.2 Å². The molecule has 10 heteroatoms. The summed E-state index contributed by atoms with van der Waals surface area (Å²) in [5.74, 6) is -0.436. The molecule has 2 heterocycles. The van der Waals surface area contributed by atoms with Gasteiger partial charge in [-0.25, -0.2) is 4.79 Å². The number of amides is 4. The molecule has 1 saturated carbocycles. The fourth-order valence-corrected chi connectivity index (χ4v) is 4.74. The lowest BCUT2D eigenvalue weighted by Gasteiger charge is -2.39. The Hall–Kier alpha value is -2.65. The lowest BCUT2D eigenvalue weighted by Crippen LogP contribution is -2.53. The minimum atomic E-state index is -0.826. The summed E-state index contributed by atoms with van der Waals surface area (Å²) in [6, 6.07) is 5.44. The molecule has 4 amide bonds. The molecule has 4 rings (SSSR count). The van der Waals surface area contributed by atoms with E-state index in [4.69, 9.17) is 16.3 Å². The van der Waals surface area contributed by atoms with E-state index in [2.05, 4.69) is 10.6 Å². The minimum absolute atomic E-state index is 0.0114. The fourth-order valence-electron chi connectivity index (χ4n) is 4.61. The Morgan fingerprint density at radius 3 is 2.47 bits per heavy atom. The molecule has 2 N–H and O–H groups in total. The second-order valence-electron chi connectivity index (χ2n) is 8.48. The molecule has 1 atom stereocenters. The number of hydrogen-bond donors (Lipinski definition) is 2. The number of urea groups is 1. The van der Waals surface area contributed by atoms with Gasteiger partial charge < -0.3 is 25.2 Å². The number of anilines is 1. The Morgan fingerprint density at radius 1 is 1.06 bits per heavy atom. The number of morpholine rings is 1. The maximum Gasteiger partial charge on any atom is 0.322 e. The quantitative estimate of drug-likeness (QED) is 0.709. The summed E-state index contributed by atoms with van der Waals surface area (Å²) in [7, 11) is 0. The Morgan fingerprint density at radius 2 is 1.78 bits per heavy atom. The van der Waals surface area contributed by atoms with E-state index in [1.807, 2.05) is 4.90 Å². The molecular weight excluding hydrogens is 436 g/mol. The molecule has 1 aromatic carbocycles. The molecule has 9 nitrogen and oxygen atoms in total. The smallest absolute Gasteiger partial charge is 0.322 e. The van der Waals surface area contributed by atoms with Crippen LogP contribution >= 0.6 is 11.6 Å². The summed E-state index contributed by atoms with van der Waals surface area (Å²) < 4.78 is 5.20. The Kier molecular flexibility index (Phi) is 6.95. The van der Waals surface area contributed by atoms with Gasteiger partial charge >= 0.3 is 6.03 Å². The number of benzene rings is 1. The Balaban J connectivity index is 1.31. The summed E-state index contributed by atoms with van der Waals surface area (Å²) >= 11 is 5.87. The molecule has 3 fully saturated rings. The predicted molar refractivity (Wildman–Crippen MR) is 117 cm³/mol. The average Bonchev–Trinajstić information content (AvgIpc) is 3.18. The lowest BCUT2D eigenvalue weighted by molar-refractivity contribution is -0.146. The first-order chi connectivity index (χ1) is 15.4. The van der Waals surface area contributed by atoms with Crippen molar-refractivity contribution in [2.75, 3.05) is 31.6 Å². The zero-order valence-corrected chi connectivity index (χ0v) is 18.5. The standard InChI is InChI=1S/C22H27ClN4O5/c23-14-1-3-16(4-2-14)25-22(31)27-12-18(28)11-19(27)21(30)24-15-5-7-17(8-6-15)26-9-10-32-13-20(26)29/h1-4,15,17,19H,5-13H2,(H,24,30)(H,25,31)/t15?,17?,19-/m1/s1. The zero-order chi connectivity index (χ0) is 22.7. The maximum atomic E-state index is 12.9. The van der Waals surface area contributed by atoms with E-state index in [-0.39, 0.29) is 49.3 Å².